The van der Waals surface area contributed by atoms with E-state index >= 15 is 0 Å². The number of fused-ring (bicyclic) bond motifs is 1. The molecule has 0 radical (unpaired) electrons. The zero-order valence-electron chi connectivity index (χ0n) is 18.8. The van der Waals surface area contributed by atoms with Crippen molar-refractivity contribution in [3.8, 4) is 0 Å². The van der Waals surface area contributed by atoms with Crippen LogP contribution in [0.15, 0.2) is 47.1 Å². The van der Waals surface area contributed by atoms with Gasteiger partial charge in [0.25, 0.3) is 0 Å². The molecule has 1 unspecified atom stereocenters. The zero-order chi connectivity index (χ0) is 23.5. The maximum atomic E-state index is 13.4. The second-order valence-corrected chi connectivity index (χ2v) is 8.18. The third kappa shape index (κ3) is 4.17. The van der Waals surface area contributed by atoms with Crippen LogP contribution in [0.25, 0.3) is 0 Å². The second-order valence-electron chi connectivity index (χ2n) is 8.18. The van der Waals surface area contributed by atoms with E-state index in [1.165, 1.54) is 6.07 Å². The average molecular weight is 453 g/mol. The summed E-state index contributed by atoms with van der Waals surface area (Å²) in [5.74, 6) is -4.35. The molecule has 33 heavy (non-hydrogen) atoms. The van der Waals surface area contributed by atoms with Crippen LogP contribution in [0.4, 0.5) is 0 Å². The number of carbonyl (C=O) groups is 4. The molecule has 2 aliphatic carbocycles. The van der Waals surface area contributed by atoms with E-state index in [1.807, 2.05) is 0 Å². The average Bonchev–Trinajstić information content (AvgIpc) is 2.82. The summed E-state index contributed by atoms with van der Waals surface area (Å²) in [5, 5.41) is 3.22. The molecule has 0 bridgehead atoms. The summed E-state index contributed by atoms with van der Waals surface area (Å²) >= 11 is 0. The molecule has 8 heteroatoms. The lowest BCUT2D eigenvalue weighted by Crippen LogP contribution is -2.43. The van der Waals surface area contributed by atoms with Gasteiger partial charge in [-0.3, -0.25) is 14.4 Å². The van der Waals surface area contributed by atoms with Gasteiger partial charge in [-0.2, -0.15) is 0 Å². The van der Waals surface area contributed by atoms with Gasteiger partial charge < -0.3 is 19.5 Å². The first-order valence-electron chi connectivity index (χ1n) is 11.4. The van der Waals surface area contributed by atoms with Crippen molar-refractivity contribution < 1.29 is 33.4 Å². The van der Waals surface area contributed by atoms with Crippen LogP contribution in [0.3, 0.4) is 0 Å². The number of benzene rings is 1. The summed E-state index contributed by atoms with van der Waals surface area (Å²) in [6.45, 7) is 3.38. The SMILES string of the molecule is CCOC(=O)C1=C(NC2CCCCC2)OC2=C(C(=O)c3ccccc3C2=O)C1C(=O)OCC. The third-order valence-electron chi connectivity index (χ3n) is 6.10. The highest BCUT2D eigenvalue weighted by Crippen LogP contribution is 2.41. The highest BCUT2D eigenvalue weighted by atomic mass is 16.5. The highest BCUT2D eigenvalue weighted by molar-refractivity contribution is 6.28. The Morgan fingerprint density at radius 2 is 1.61 bits per heavy atom. The van der Waals surface area contributed by atoms with E-state index in [-0.39, 0.29) is 53.2 Å². The quantitative estimate of drug-likeness (QED) is 0.654. The van der Waals surface area contributed by atoms with Gasteiger partial charge in [-0.05, 0) is 26.7 Å². The highest BCUT2D eigenvalue weighted by Gasteiger charge is 2.49. The second kappa shape index (κ2) is 9.60. The van der Waals surface area contributed by atoms with E-state index in [0.29, 0.717) is 0 Å². The minimum Gasteiger partial charge on any atom is -0.465 e. The molecule has 0 aromatic heterocycles. The largest absolute Gasteiger partial charge is 0.465 e. The van der Waals surface area contributed by atoms with E-state index in [1.54, 1.807) is 32.0 Å². The number of Topliss-reactive ketones (excluding diaryl/α,β-unsaturated/α-hetero) is 2. The Kier molecular flexibility index (Phi) is 6.62. The summed E-state index contributed by atoms with van der Waals surface area (Å²) in [6.07, 6.45) is 4.86. The number of hydrogen-bond donors (Lipinski definition) is 1. The summed E-state index contributed by atoms with van der Waals surface area (Å²) in [7, 11) is 0. The molecule has 4 rings (SSSR count). The van der Waals surface area contributed by atoms with Crippen molar-refractivity contribution in [2.24, 2.45) is 5.92 Å². The fourth-order valence-electron chi connectivity index (χ4n) is 4.59. The van der Waals surface area contributed by atoms with Gasteiger partial charge in [0.1, 0.15) is 11.5 Å². The number of esters is 2. The molecule has 1 aromatic carbocycles. The van der Waals surface area contributed by atoms with Gasteiger partial charge in [0.2, 0.25) is 11.7 Å². The van der Waals surface area contributed by atoms with Crippen LogP contribution in [-0.2, 0) is 23.8 Å². The monoisotopic (exact) mass is 453 g/mol. The maximum Gasteiger partial charge on any atom is 0.340 e. The van der Waals surface area contributed by atoms with Crippen LogP contribution in [0, 0.1) is 5.92 Å². The summed E-state index contributed by atoms with van der Waals surface area (Å²) in [4.78, 5) is 52.9. The van der Waals surface area contributed by atoms with E-state index in [2.05, 4.69) is 5.32 Å². The van der Waals surface area contributed by atoms with Crippen LogP contribution in [0.1, 0.15) is 66.7 Å². The van der Waals surface area contributed by atoms with Crippen molar-refractivity contribution in [2.75, 3.05) is 13.2 Å². The summed E-state index contributed by atoms with van der Waals surface area (Å²) in [5.41, 5.74) is 0.0288. The van der Waals surface area contributed by atoms with Crippen molar-refractivity contribution in [1.29, 1.82) is 0 Å². The lowest BCUT2D eigenvalue weighted by Gasteiger charge is -2.34. The number of carbonyl (C=O) groups excluding carboxylic acids is 4. The van der Waals surface area contributed by atoms with Gasteiger partial charge >= 0.3 is 11.9 Å². The molecule has 0 spiro atoms. The molecule has 1 aromatic rings. The van der Waals surface area contributed by atoms with Gasteiger partial charge in [0.15, 0.2) is 11.5 Å². The first-order valence-corrected chi connectivity index (χ1v) is 11.4. The molecule has 3 aliphatic rings. The fourth-order valence-corrected chi connectivity index (χ4v) is 4.59. The summed E-state index contributed by atoms with van der Waals surface area (Å²) in [6, 6.07) is 6.36. The smallest absolute Gasteiger partial charge is 0.340 e. The molecule has 1 fully saturated rings. The molecule has 1 heterocycles. The minimum absolute atomic E-state index is 0.00449. The minimum atomic E-state index is -1.43. The number of ketones is 2. The van der Waals surface area contributed by atoms with Crippen LogP contribution in [-0.4, -0.2) is 42.8 Å². The van der Waals surface area contributed by atoms with E-state index in [0.717, 1.165) is 32.1 Å². The van der Waals surface area contributed by atoms with Gasteiger partial charge in [0.05, 0.1) is 18.8 Å². The lowest BCUT2D eigenvalue weighted by atomic mass is 9.78. The molecule has 0 amide bonds. The van der Waals surface area contributed by atoms with Gasteiger partial charge in [-0.25, -0.2) is 4.79 Å². The number of nitrogens with one attached hydrogen (secondary N) is 1. The van der Waals surface area contributed by atoms with E-state index < -0.39 is 29.4 Å². The number of hydrogen-bond acceptors (Lipinski definition) is 8. The van der Waals surface area contributed by atoms with Crippen LogP contribution < -0.4 is 5.32 Å². The van der Waals surface area contributed by atoms with Crippen molar-refractivity contribution in [2.45, 2.75) is 52.0 Å². The molecule has 1 saturated carbocycles. The zero-order valence-corrected chi connectivity index (χ0v) is 18.8. The number of ether oxygens (including phenoxy) is 3. The predicted octanol–water partition coefficient (Wildman–Crippen LogP) is 3.23. The van der Waals surface area contributed by atoms with Crippen molar-refractivity contribution in [3.63, 3.8) is 0 Å². The van der Waals surface area contributed by atoms with E-state index in [4.69, 9.17) is 14.2 Å². The first kappa shape index (κ1) is 22.8. The fraction of sp³-hybridized carbons (Fsp3) is 0.440. The molecule has 1 N–H and O–H groups in total. The Bertz CT molecular complexity index is 1060. The molecular formula is C25H27NO7. The van der Waals surface area contributed by atoms with Gasteiger partial charge in [-0.1, -0.05) is 43.5 Å². The van der Waals surface area contributed by atoms with Crippen molar-refractivity contribution in [1.82, 2.24) is 5.32 Å². The third-order valence-corrected chi connectivity index (χ3v) is 6.10. The standard InChI is InChI=1S/C25H27NO7/c1-3-31-24(29)17-18-20(27)15-12-8-9-13-16(15)21(28)22(18)33-23(19(17)25(30)32-4-2)26-14-10-6-5-7-11-14/h8-9,12-14,17,26H,3-7,10-11H2,1-2H3. The van der Waals surface area contributed by atoms with Crippen LogP contribution >= 0.6 is 0 Å². The molecule has 0 saturated heterocycles. The first-order chi connectivity index (χ1) is 16.0. The van der Waals surface area contributed by atoms with Crippen molar-refractivity contribution in [3.05, 3.63) is 58.2 Å². The Morgan fingerprint density at radius 3 is 2.24 bits per heavy atom. The topological polar surface area (TPSA) is 108 Å². The van der Waals surface area contributed by atoms with Crippen LogP contribution in [0.2, 0.25) is 0 Å². The normalized spacial score (nSPS) is 20.6. The van der Waals surface area contributed by atoms with Crippen LogP contribution in [0.5, 0.6) is 0 Å². The lowest BCUT2D eigenvalue weighted by molar-refractivity contribution is -0.149. The Morgan fingerprint density at radius 1 is 0.970 bits per heavy atom. The summed E-state index contributed by atoms with van der Waals surface area (Å²) < 4.78 is 16.4. The molecule has 1 atom stereocenters. The Balaban J connectivity index is 1.86. The van der Waals surface area contributed by atoms with Gasteiger partial charge in [0, 0.05) is 17.2 Å². The number of allylic oxidation sites excluding steroid dienone is 1. The molecular weight excluding hydrogens is 426 g/mol. The Labute approximate surface area is 192 Å². The molecule has 1 aliphatic heterocycles. The Hall–Kier alpha value is -3.42. The van der Waals surface area contributed by atoms with E-state index in [9.17, 15) is 19.2 Å². The van der Waals surface area contributed by atoms with Crippen molar-refractivity contribution >= 4 is 23.5 Å². The number of rotatable bonds is 6. The maximum absolute atomic E-state index is 13.4. The van der Waals surface area contributed by atoms with Gasteiger partial charge in [-0.15, -0.1) is 0 Å². The predicted molar refractivity (Wildman–Crippen MR) is 117 cm³/mol. The molecule has 8 nitrogen and oxygen atoms in total. The molecule has 174 valence electrons.